The van der Waals surface area contributed by atoms with Gasteiger partial charge in [0.2, 0.25) is 5.82 Å². The Morgan fingerprint density at radius 3 is 2.79 bits per heavy atom. The topological polar surface area (TPSA) is 73.4 Å². The van der Waals surface area contributed by atoms with Gasteiger partial charge in [0.15, 0.2) is 0 Å². The Balaban J connectivity index is 2.23. The van der Waals surface area contributed by atoms with Gasteiger partial charge in [-0.15, -0.1) is 0 Å². The molecule has 1 aromatic rings. The Labute approximate surface area is 121 Å². The van der Waals surface area contributed by atoms with Gasteiger partial charge in [0.05, 0.1) is 27.5 Å². The zero-order chi connectivity index (χ0) is 19.4. The van der Waals surface area contributed by atoms with Crippen molar-refractivity contribution in [2.45, 2.75) is 45.7 Å². The van der Waals surface area contributed by atoms with Gasteiger partial charge in [0.1, 0.15) is 0 Å². The Morgan fingerprint density at radius 2 is 2.21 bits per heavy atom. The lowest BCUT2D eigenvalue weighted by Crippen LogP contribution is -2.41. The molecule has 0 atom stereocenters. The van der Waals surface area contributed by atoms with Crippen molar-refractivity contribution in [1.82, 2.24) is 9.97 Å². The first kappa shape index (κ1) is 8.06. The number of ether oxygens (including phenoxy) is 1. The van der Waals surface area contributed by atoms with E-state index in [9.17, 15) is 4.79 Å². The number of carbonyl (C=O) groups is 1. The maximum Gasteiger partial charge on any atom is 0.513 e. The summed E-state index contributed by atoms with van der Waals surface area (Å²) in [6.45, 7) is 0.900. The second-order valence-electron chi connectivity index (χ2n) is 5.19. The molecule has 0 radical (unpaired) electrons. The third-order valence-corrected chi connectivity index (χ3v) is 3.37. The minimum Gasteiger partial charge on any atom is -0.460 e. The third kappa shape index (κ3) is 2.53. The lowest BCUT2D eigenvalue weighted by atomic mass is 9.86. The summed E-state index contributed by atoms with van der Waals surface area (Å²) < 4.78 is 59.4. The maximum absolute atomic E-state index is 12.0. The second kappa shape index (κ2) is 4.65. The van der Waals surface area contributed by atoms with E-state index < -0.39 is 43.5 Å². The Hall–Kier alpha value is -1.34. The van der Waals surface area contributed by atoms with E-state index in [0.29, 0.717) is 0 Å². The normalized spacial score (nSPS) is 26.6. The van der Waals surface area contributed by atoms with E-state index >= 15 is 0 Å². The van der Waals surface area contributed by atoms with E-state index in [1.165, 1.54) is 0 Å². The van der Waals surface area contributed by atoms with Crippen LogP contribution in [0.4, 0.5) is 0 Å². The van der Waals surface area contributed by atoms with Crippen molar-refractivity contribution in [3.05, 3.63) is 12.0 Å². The fraction of sp³-hybridized carbons (Fsp3) is 0.667. The first-order valence-corrected chi connectivity index (χ1v) is 5.73. The van der Waals surface area contributed by atoms with Gasteiger partial charge in [-0.05, 0) is 34.5 Å². The van der Waals surface area contributed by atoms with Crippen LogP contribution in [-0.4, -0.2) is 40.8 Å². The molecule has 104 valence electrons. The van der Waals surface area contributed by atoms with Crippen LogP contribution >= 0.6 is 0 Å². The fourth-order valence-electron chi connectivity index (χ4n) is 1.56. The van der Waals surface area contributed by atoms with Crippen molar-refractivity contribution in [2.24, 2.45) is 0 Å². The SMILES string of the molecule is [2H]c1nc(C(=O)OC([2H])([2H])C([2H])([2H])[2H])[nH]c1B1OC(C)(C)C(C)(C)O1. The highest BCUT2D eigenvalue weighted by Gasteiger charge is 2.52. The number of nitrogens with zero attached hydrogens (tertiary/aromatic N) is 1. The summed E-state index contributed by atoms with van der Waals surface area (Å²) in [5.41, 5.74) is -1.29. The van der Waals surface area contributed by atoms with Gasteiger partial charge in [-0.1, -0.05) is 0 Å². The van der Waals surface area contributed by atoms with Crippen LogP contribution < -0.4 is 5.59 Å². The summed E-state index contributed by atoms with van der Waals surface area (Å²) in [6, 6.07) is 0. The monoisotopic (exact) mass is 272 g/mol. The van der Waals surface area contributed by atoms with Crippen LogP contribution in [0, 0.1) is 0 Å². The summed E-state index contributed by atoms with van der Waals surface area (Å²) in [5, 5.41) is 0. The molecular formula is C12H19BN2O4. The molecule has 19 heavy (non-hydrogen) atoms. The smallest absolute Gasteiger partial charge is 0.460 e. The van der Waals surface area contributed by atoms with E-state index in [2.05, 4.69) is 14.7 Å². The molecule has 1 aliphatic rings. The Morgan fingerprint density at radius 1 is 1.58 bits per heavy atom. The number of nitrogens with one attached hydrogen (secondary N) is 1. The van der Waals surface area contributed by atoms with E-state index in [0.717, 1.165) is 0 Å². The molecule has 1 fully saturated rings. The molecule has 0 bridgehead atoms. The summed E-state index contributed by atoms with van der Waals surface area (Å²) in [7, 11) is -0.981. The molecule has 2 rings (SSSR count). The standard InChI is InChI=1S/C12H19BN2O4/c1-6-17-10(16)9-14-7-8(15-9)13-18-11(2,3)12(4,5)19-13/h7H,6H2,1-5H3,(H,14,15)/i1D3,6D2,7D. The van der Waals surface area contributed by atoms with Gasteiger partial charge >= 0.3 is 13.1 Å². The van der Waals surface area contributed by atoms with E-state index in [1.807, 2.05) is 27.7 Å². The molecule has 7 heteroatoms. The predicted octanol–water partition coefficient (Wildman–Crippen LogP) is 0.886. The predicted molar refractivity (Wildman–Crippen MR) is 70.3 cm³/mol. The molecule has 2 heterocycles. The van der Waals surface area contributed by atoms with Gasteiger partial charge in [0.25, 0.3) is 0 Å². The second-order valence-corrected chi connectivity index (χ2v) is 5.19. The maximum atomic E-state index is 12.0. The summed E-state index contributed by atoms with van der Waals surface area (Å²) in [6.07, 6.45) is -0.347. The van der Waals surface area contributed by atoms with E-state index in [-0.39, 0.29) is 11.8 Å². The van der Waals surface area contributed by atoms with Crippen LogP contribution in [0.5, 0.6) is 0 Å². The average molecular weight is 272 g/mol. The van der Waals surface area contributed by atoms with Crippen molar-refractivity contribution in [3.63, 3.8) is 0 Å². The zero-order valence-corrected chi connectivity index (χ0v) is 11.2. The van der Waals surface area contributed by atoms with Gasteiger partial charge in [-0.25, -0.2) is 9.78 Å². The number of imidazole rings is 1. The number of H-pyrrole nitrogens is 1. The van der Waals surface area contributed by atoms with E-state index in [4.69, 9.17) is 17.5 Å². The lowest BCUT2D eigenvalue weighted by molar-refractivity contribution is 0.00578. The molecule has 1 saturated heterocycles. The van der Waals surface area contributed by atoms with Crippen LogP contribution in [-0.2, 0) is 14.0 Å². The molecular weight excluding hydrogens is 247 g/mol. The quantitative estimate of drug-likeness (QED) is 0.653. The number of carbonyl (C=O) groups excluding carboxylic acids is 1. The highest BCUT2D eigenvalue weighted by atomic mass is 16.7. The van der Waals surface area contributed by atoms with Crippen molar-refractivity contribution in [1.29, 1.82) is 0 Å². The van der Waals surface area contributed by atoms with Crippen molar-refractivity contribution in [3.8, 4) is 0 Å². The Bertz CT molecular complexity index is 672. The third-order valence-electron chi connectivity index (χ3n) is 3.37. The number of esters is 1. The van der Waals surface area contributed by atoms with Crippen LogP contribution in [0.2, 0.25) is 0 Å². The summed E-state index contributed by atoms with van der Waals surface area (Å²) in [5.74, 6) is -1.85. The first-order chi connectivity index (χ1) is 11.1. The van der Waals surface area contributed by atoms with Gasteiger partial charge in [0, 0.05) is 10.3 Å². The van der Waals surface area contributed by atoms with Crippen LogP contribution in [0.25, 0.3) is 0 Å². The first-order valence-electron chi connectivity index (χ1n) is 8.73. The van der Waals surface area contributed by atoms with Crippen molar-refractivity contribution >= 4 is 18.7 Å². The average Bonchev–Trinajstić information content (AvgIpc) is 2.86. The molecule has 1 N–H and O–H groups in total. The molecule has 0 amide bonds. The molecule has 0 aliphatic carbocycles. The van der Waals surface area contributed by atoms with Gasteiger partial charge < -0.3 is 19.0 Å². The number of aromatic amines is 1. The van der Waals surface area contributed by atoms with Crippen LogP contribution in [0.1, 0.15) is 53.4 Å². The van der Waals surface area contributed by atoms with Crippen LogP contribution in [0.15, 0.2) is 6.17 Å². The molecule has 0 unspecified atom stereocenters. The Kier molecular flexibility index (Phi) is 1.97. The molecule has 1 aromatic heterocycles. The number of aromatic nitrogens is 2. The minimum atomic E-state index is -3.19. The number of rotatable bonds is 3. The van der Waals surface area contributed by atoms with E-state index in [1.54, 1.807) is 0 Å². The molecule has 6 nitrogen and oxygen atoms in total. The summed E-state index contributed by atoms with van der Waals surface area (Å²) in [4.78, 5) is 18.1. The van der Waals surface area contributed by atoms with Crippen LogP contribution in [0.3, 0.4) is 0 Å². The van der Waals surface area contributed by atoms with Gasteiger partial charge in [-0.2, -0.15) is 0 Å². The number of hydrogen-bond acceptors (Lipinski definition) is 5. The fourth-order valence-corrected chi connectivity index (χ4v) is 1.56. The van der Waals surface area contributed by atoms with Crippen molar-refractivity contribution in [2.75, 3.05) is 6.56 Å². The largest absolute Gasteiger partial charge is 0.513 e. The van der Waals surface area contributed by atoms with Gasteiger partial charge in [-0.3, -0.25) is 0 Å². The molecule has 0 spiro atoms. The number of hydrogen-bond donors (Lipinski definition) is 1. The molecule has 0 saturated carbocycles. The zero-order valence-electron chi connectivity index (χ0n) is 17.2. The molecule has 0 aromatic carbocycles. The molecule has 1 aliphatic heterocycles. The summed E-state index contributed by atoms with van der Waals surface area (Å²) >= 11 is 0. The minimum absolute atomic E-state index is 0.0556. The lowest BCUT2D eigenvalue weighted by Gasteiger charge is -2.32. The highest BCUT2D eigenvalue weighted by molar-refractivity contribution is 6.61. The highest BCUT2D eigenvalue weighted by Crippen LogP contribution is 2.36. The van der Waals surface area contributed by atoms with Crippen molar-refractivity contribution < 1.29 is 27.1 Å².